The lowest BCUT2D eigenvalue weighted by molar-refractivity contribution is -0.137. The number of hydrogen-bond acceptors (Lipinski definition) is 3. The lowest BCUT2D eigenvalue weighted by Crippen LogP contribution is -2.44. The molecule has 1 saturated heterocycles. The van der Waals surface area contributed by atoms with Crippen LogP contribution < -0.4 is 5.32 Å². The van der Waals surface area contributed by atoms with Crippen molar-refractivity contribution in [2.24, 2.45) is 5.41 Å². The van der Waals surface area contributed by atoms with E-state index in [-0.39, 0.29) is 17.9 Å². The van der Waals surface area contributed by atoms with Crippen LogP contribution in [0.1, 0.15) is 32.6 Å². The molecule has 0 radical (unpaired) electrons. The third-order valence-corrected chi connectivity index (χ3v) is 3.72. The summed E-state index contributed by atoms with van der Waals surface area (Å²) >= 11 is 0. The summed E-state index contributed by atoms with van der Waals surface area (Å²) in [5, 5.41) is 3.22. The molecule has 1 unspecified atom stereocenters. The number of imide groups is 1. The van der Waals surface area contributed by atoms with Gasteiger partial charge in [0.1, 0.15) is 0 Å². The van der Waals surface area contributed by atoms with E-state index in [1.54, 1.807) is 7.05 Å². The highest BCUT2D eigenvalue weighted by atomic mass is 16.2. The zero-order valence-electron chi connectivity index (χ0n) is 9.38. The van der Waals surface area contributed by atoms with Crippen LogP contribution in [0.2, 0.25) is 0 Å². The topological polar surface area (TPSA) is 49.4 Å². The molecule has 0 bridgehead atoms. The van der Waals surface area contributed by atoms with Gasteiger partial charge in [-0.2, -0.15) is 0 Å². The van der Waals surface area contributed by atoms with Crippen LogP contribution in [0, 0.1) is 5.41 Å². The van der Waals surface area contributed by atoms with Gasteiger partial charge in [-0.3, -0.25) is 14.5 Å². The molecule has 1 atom stereocenters. The van der Waals surface area contributed by atoms with E-state index >= 15 is 0 Å². The molecule has 2 rings (SSSR count). The number of rotatable bonds is 3. The fourth-order valence-corrected chi connectivity index (χ4v) is 2.24. The second-order valence-corrected chi connectivity index (χ2v) is 5.09. The Hall–Kier alpha value is -0.900. The number of likely N-dealkylation sites (tertiary alicyclic amines) is 1. The number of nitrogens with one attached hydrogen (secondary N) is 1. The van der Waals surface area contributed by atoms with Crippen molar-refractivity contribution >= 4 is 11.8 Å². The zero-order chi connectivity index (χ0) is 11.1. The summed E-state index contributed by atoms with van der Waals surface area (Å²) in [4.78, 5) is 24.1. The van der Waals surface area contributed by atoms with Gasteiger partial charge < -0.3 is 5.32 Å². The molecule has 84 valence electrons. The standard InChI is InChI=1S/C11H18N2O2/c1-11(4-3-5-11)7-12-8-6-9(14)13(2)10(8)15/h8,12H,3-7H2,1-2H3. The molecular weight excluding hydrogens is 192 g/mol. The van der Waals surface area contributed by atoms with E-state index in [2.05, 4.69) is 12.2 Å². The average molecular weight is 210 g/mol. The maximum absolute atomic E-state index is 11.6. The maximum Gasteiger partial charge on any atom is 0.246 e. The first-order valence-corrected chi connectivity index (χ1v) is 5.56. The van der Waals surface area contributed by atoms with Crippen molar-refractivity contribution in [3.8, 4) is 0 Å². The second-order valence-electron chi connectivity index (χ2n) is 5.09. The van der Waals surface area contributed by atoms with Gasteiger partial charge in [-0.25, -0.2) is 0 Å². The molecule has 4 heteroatoms. The van der Waals surface area contributed by atoms with E-state index in [0.717, 1.165) is 6.54 Å². The van der Waals surface area contributed by atoms with Crippen molar-refractivity contribution in [2.75, 3.05) is 13.6 Å². The van der Waals surface area contributed by atoms with Crippen molar-refractivity contribution < 1.29 is 9.59 Å². The van der Waals surface area contributed by atoms with E-state index in [0.29, 0.717) is 11.8 Å². The molecule has 1 heterocycles. The van der Waals surface area contributed by atoms with Gasteiger partial charge in [0.05, 0.1) is 12.5 Å². The van der Waals surface area contributed by atoms with Crippen LogP contribution in [-0.2, 0) is 9.59 Å². The number of hydrogen-bond donors (Lipinski definition) is 1. The zero-order valence-corrected chi connectivity index (χ0v) is 9.38. The number of carbonyl (C=O) groups is 2. The van der Waals surface area contributed by atoms with Crippen LogP contribution >= 0.6 is 0 Å². The fraction of sp³-hybridized carbons (Fsp3) is 0.818. The fourth-order valence-electron chi connectivity index (χ4n) is 2.24. The Kier molecular flexibility index (Phi) is 2.54. The van der Waals surface area contributed by atoms with Crippen molar-refractivity contribution in [1.82, 2.24) is 10.2 Å². The Morgan fingerprint density at radius 1 is 1.47 bits per heavy atom. The summed E-state index contributed by atoms with van der Waals surface area (Å²) < 4.78 is 0. The highest BCUT2D eigenvalue weighted by Crippen LogP contribution is 2.39. The van der Waals surface area contributed by atoms with Crippen LogP contribution in [0.4, 0.5) is 0 Å². The van der Waals surface area contributed by atoms with Gasteiger partial charge in [-0.05, 0) is 18.3 Å². The Bertz CT molecular complexity index is 297. The summed E-state index contributed by atoms with van der Waals surface area (Å²) in [7, 11) is 1.55. The summed E-state index contributed by atoms with van der Waals surface area (Å²) in [6.45, 7) is 3.08. The smallest absolute Gasteiger partial charge is 0.246 e. The highest BCUT2D eigenvalue weighted by Gasteiger charge is 2.38. The minimum absolute atomic E-state index is 0.0729. The van der Waals surface area contributed by atoms with Crippen molar-refractivity contribution in [3.05, 3.63) is 0 Å². The maximum atomic E-state index is 11.6. The quantitative estimate of drug-likeness (QED) is 0.691. The van der Waals surface area contributed by atoms with Gasteiger partial charge in [-0.1, -0.05) is 13.3 Å². The van der Waals surface area contributed by atoms with Gasteiger partial charge in [0.25, 0.3) is 0 Å². The lowest BCUT2D eigenvalue weighted by Gasteiger charge is -2.39. The van der Waals surface area contributed by atoms with Crippen molar-refractivity contribution in [1.29, 1.82) is 0 Å². The molecular formula is C11H18N2O2. The lowest BCUT2D eigenvalue weighted by atomic mass is 9.70. The van der Waals surface area contributed by atoms with Crippen LogP contribution in [0.5, 0.6) is 0 Å². The molecule has 2 fully saturated rings. The van der Waals surface area contributed by atoms with E-state index < -0.39 is 0 Å². The molecule has 0 spiro atoms. The van der Waals surface area contributed by atoms with Gasteiger partial charge in [-0.15, -0.1) is 0 Å². The number of carbonyl (C=O) groups excluding carboxylic acids is 2. The normalized spacial score (nSPS) is 29.5. The minimum atomic E-state index is -0.278. The predicted molar refractivity (Wildman–Crippen MR) is 56.1 cm³/mol. The number of nitrogens with zero attached hydrogens (tertiary/aromatic N) is 1. The van der Waals surface area contributed by atoms with Crippen LogP contribution in [0.3, 0.4) is 0 Å². The summed E-state index contributed by atoms with van der Waals surface area (Å²) in [5.41, 5.74) is 0.352. The molecule has 0 aromatic heterocycles. The largest absolute Gasteiger partial charge is 0.305 e. The van der Waals surface area contributed by atoms with E-state index in [1.165, 1.54) is 24.2 Å². The number of likely N-dealkylation sites (N-methyl/N-ethyl adjacent to an activating group) is 1. The van der Waals surface area contributed by atoms with E-state index in [1.807, 2.05) is 0 Å². The molecule has 2 amide bonds. The van der Waals surface area contributed by atoms with Crippen LogP contribution in [-0.4, -0.2) is 36.3 Å². The Labute approximate surface area is 90.0 Å². The first kappa shape index (κ1) is 10.6. The molecule has 2 aliphatic rings. The van der Waals surface area contributed by atoms with E-state index in [4.69, 9.17) is 0 Å². The Morgan fingerprint density at radius 3 is 2.53 bits per heavy atom. The monoisotopic (exact) mass is 210 g/mol. The van der Waals surface area contributed by atoms with Crippen molar-refractivity contribution in [2.45, 2.75) is 38.6 Å². The third-order valence-electron chi connectivity index (χ3n) is 3.72. The first-order valence-electron chi connectivity index (χ1n) is 5.56. The van der Waals surface area contributed by atoms with Gasteiger partial charge >= 0.3 is 0 Å². The van der Waals surface area contributed by atoms with Gasteiger partial charge in [0.15, 0.2) is 0 Å². The highest BCUT2D eigenvalue weighted by molar-refractivity contribution is 6.05. The SMILES string of the molecule is CN1C(=O)CC(NCC2(C)CCC2)C1=O. The molecule has 1 aliphatic carbocycles. The van der Waals surface area contributed by atoms with Gasteiger partial charge in [0.2, 0.25) is 11.8 Å². The summed E-state index contributed by atoms with van der Waals surface area (Å²) in [6.07, 6.45) is 4.07. The van der Waals surface area contributed by atoms with Crippen LogP contribution in [0.25, 0.3) is 0 Å². The van der Waals surface area contributed by atoms with E-state index in [9.17, 15) is 9.59 Å². The average Bonchev–Trinajstić information content (AvgIpc) is 2.40. The summed E-state index contributed by atoms with van der Waals surface area (Å²) in [6, 6.07) is -0.278. The minimum Gasteiger partial charge on any atom is -0.305 e. The number of amides is 2. The molecule has 4 nitrogen and oxygen atoms in total. The molecule has 1 saturated carbocycles. The Morgan fingerprint density at radius 2 is 2.13 bits per heavy atom. The Balaban J connectivity index is 1.85. The van der Waals surface area contributed by atoms with Crippen molar-refractivity contribution in [3.63, 3.8) is 0 Å². The molecule has 1 aliphatic heterocycles. The molecule has 0 aromatic rings. The summed E-state index contributed by atoms with van der Waals surface area (Å²) in [5.74, 6) is -0.154. The second kappa shape index (κ2) is 3.59. The van der Waals surface area contributed by atoms with Crippen LogP contribution in [0.15, 0.2) is 0 Å². The molecule has 1 N–H and O–H groups in total. The third kappa shape index (κ3) is 1.91. The molecule has 0 aromatic carbocycles. The first-order chi connectivity index (χ1) is 7.02. The van der Waals surface area contributed by atoms with Gasteiger partial charge in [0, 0.05) is 13.6 Å². The predicted octanol–water partition coefficient (Wildman–Crippen LogP) is 0.523. The molecule has 15 heavy (non-hydrogen) atoms.